The Balaban J connectivity index is 2.01. The molecular formula is C16H19NO. The minimum atomic E-state index is 0.515. The van der Waals surface area contributed by atoms with Crippen molar-refractivity contribution in [3.05, 3.63) is 47.2 Å². The van der Waals surface area contributed by atoms with Crippen molar-refractivity contribution < 1.29 is 4.42 Å². The van der Waals surface area contributed by atoms with Crippen LogP contribution in [0.25, 0.3) is 11.3 Å². The van der Waals surface area contributed by atoms with Crippen molar-refractivity contribution in [3.63, 3.8) is 0 Å². The lowest BCUT2D eigenvalue weighted by Crippen LogP contribution is -2.30. The zero-order valence-corrected chi connectivity index (χ0v) is 11.2. The molecule has 2 heteroatoms. The summed E-state index contributed by atoms with van der Waals surface area (Å²) in [6.45, 7) is 5.39. The Morgan fingerprint density at radius 1 is 1.22 bits per heavy atom. The zero-order valence-electron chi connectivity index (χ0n) is 11.2. The van der Waals surface area contributed by atoms with Gasteiger partial charge >= 0.3 is 0 Å². The molecule has 0 radical (unpaired) electrons. The lowest BCUT2D eigenvalue weighted by Gasteiger charge is -2.32. The topological polar surface area (TPSA) is 16.4 Å². The number of furan rings is 1. The van der Waals surface area contributed by atoms with Crippen LogP contribution in [0, 0.1) is 6.92 Å². The van der Waals surface area contributed by atoms with Gasteiger partial charge in [0.25, 0.3) is 0 Å². The second kappa shape index (κ2) is 4.29. The summed E-state index contributed by atoms with van der Waals surface area (Å²) in [5.41, 5.74) is 4.11. The molecule has 2 aromatic rings. The van der Waals surface area contributed by atoms with Gasteiger partial charge in [-0.2, -0.15) is 0 Å². The van der Waals surface area contributed by atoms with E-state index in [-0.39, 0.29) is 0 Å². The molecule has 0 amide bonds. The summed E-state index contributed by atoms with van der Waals surface area (Å²) in [6.07, 6.45) is 1.13. The molecule has 1 aromatic carbocycles. The van der Waals surface area contributed by atoms with Crippen LogP contribution in [0.15, 0.2) is 34.7 Å². The molecule has 1 unspecified atom stereocenters. The van der Waals surface area contributed by atoms with Gasteiger partial charge in [0.05, 0.1) is 0 Å². The summed E-state index contributed by atoms with van der Waals surface area (Å²) in [6, 6.07) is 11.3. The van der Waals surface area contributed by atoms with E-state index >= 15 is 0 Å². The van der Waals surface area contributed by atoms with Crippen LogP contribution < -0.4 is 0 Å². The molecule has 0 fully saturated rings. The van der Waals surface area contributed by atoms with Crippen molar-refractivity contribution in [2.24, 2.45) is 0 Å². The molecule has 1 aliphatic rings. The largest absolute Gasteiger partial charge is 0.461 e. The molecule has 94 valence electrons. The quantitative estimate of drug-likeness (QED) is 0.755. The highest BCUT2D eigenvalue weighted by molar-refractivity contribution is 5.60. The first-order valence-corrected chi connectivity index (χ1v) is 6.55. The van der Waals surface area contributed by atoms with E-state index in [1.54, 1.807) is 0 Å². The Kier molecular flexibility index (Phi) is 2.75. The Labute approximate surface area is 108 Å². The smallest absolute Gasteiger partial charge is 0.134 e. The molecule has 0 spiro atoms. The average molecular weight is 241 g/mol. The van der Waals surface area contributed by atoms with Gasteiger partial charge in [-0.15, -0.1) is 0 Å². The van der Waals surface area contributed by atoms with Crippen LogP contribution in [-0.2, 0) is 6.42 Å². The first kappa shape index (κ1) is 11.5. The summed E-state index contributed by atoms with van der Waals surface area (Å²) in [5, 5.41) is 0. The molecule has 2 nitrogen and oxygen atoms in total. The van der Waals surface area contributed by atoms with Crippen LogP contribution in [0.3, 0.4) is 0 Å². The highest BCUT2D eigenvalue weighted by atomic mass is 16.3. The fourth-order valence-corrected chi connectivity index (χ4v) is 2.70. The van der Waals surface area contributed by atoms with Crippen molar-refractivity contribution in [1.29, 1.82) is 0 Å². The fraction of sp³-hybridized carbons (Fsp3) is 0.375. The third-order valence-corrected chi connectivity index (χ3v) is 4.01. The number of hydrogen-bond acceptors (Lipinski definition) is 2. The molecule has 0 bridgehead atoms. The number of fused-ring (bicyclic) bond motifs is 1. The van der Waals surface area contributed by atoms with Crippen LogP contribution in [0.2, 0.25) is 0 Å². The minimum absolute atomic E-state index is 0.515. The van der Waals surface area contributed by atoms with E-state index in [4.69, 9.17) is 4.42 Å². The predicted octanol–water partition coefficient (Wildman–Crippen LogP) is 3.80. The van der Waals surface area contributed by atoms with Gasteiger partial charge in [0, 0.05) is 18.2 Å². The lowest BCUT2D eigenvalue weighted by atomic mass is 9.92. The molecule has 0 N–H and O–H groups in total. The van der Waals surface area contributed by atoms with Crippen LogP contribution >= 0.6 is 0 Å². The van der Waals surface area contributed by atoms with Crippen LogP contribution in [-0.4, -0.2) is 18.5 Å². The number of benzene rings is 1. The molecule has 0 saturated heterocycles. The van der Waals surface area contributed by atoms with Crippen LogP contribution in [0.1, 0.15) is 29.9 Å². The Bertz CT molecular complexity index is 570. The number of nitrogens with zero attached hydrogens (tertiary/aromatic N) is 1. The van der Waals surface area contributed by atoms with Gasteiger partial charge in [0.2, 0.25) is 0 Å². The summed E-state index contributed by atoms with van der Waals surface area (Å²) in [5.74, 6) is 1.94. The number of hydrogen-bond donors (Lipinski definition) is 0. The highest BCUT2D eigenvalue weighted by Gasteiger charge is 2.21. The number of likely N-dealkylation sites (N-methyl/N-ethyl adjacent to an activating group) is 1. The zero-order chi connectivity index (χ0) is 12.7. The Morgan fingerprint density at radius 3 is 2.78 bits per heavy atom. The molecule has 1 atom stereocenters. The molecule has 2 heterocycles. The van der Waals surface area contributed by atoms with E-state index < -0.39 is 0 Å². The normalized spacial score (nSPS) is 19.8. The summed E-state index contributed by atoms with van der Waals surface area (Å²) in [7, 11) is 2.19. The van der Waals surface area contributed by atoms with Gasteiger partial charge in [-0.1, -0.05) is 12.1 Å². The van der Waals surface area contributed by atoms with Gasteiger partial charge in [-0.3, -0.25) is 4.90 Å². The van der Waals surface area contributed by atoms with E-state index in [2.05, 4.69) is 43.1 Å². The van der Waals surface area contributed by atoms with Crippen molar-refractivity contribution in [3.8, 4) is 11.3 Å². The molecule has 18 heavy (non-hydrogen) atoms. The maximum Gasteiger partial charge on any atom is 0.134 e. The third kappa shape index (κ3) is 1.87. The second-order valence-corrected chi connectivity index (χ2v) is 5.23. The molecule has 1 aromatic heterocycles. The highest BCUT2D eigenvalue weighted by Crippen LogP contribution is 2.32. The number of aryl methyl sites for hydroxylation is 1. The van der Waals surface area contributed by atoms with Gasteiger partial charge < -0.3 is 4.42 Å². The predicted molar refractivity (Wildman–Crippen MR) is 73.6 cm³/mol. The third-order valence-electron chi connectivity index (χ3n) is 4.01. The van der Waals surface area contributed by atoms with E-state index in [1.165, 1.54) is 16.7 Å². The van der Waals surface area contributed by atoms with Gasteiger partial charge in [0.15, 0.2) is 0 Å². The summed E-state index contributed by atoms with van der Waals surface area (Å²) >= 11 is 0. The number of rotatable bonds is 1. The van der Waals surface area contributed by atoms with Crippen LogP contribution in [0.4, 0.5) is 0 Å². The van der Waals surface area contributed by atoms with Crippen molar-refractivity contribution in [1.82, 2.24) is 4.90 Å². The maximum absolute atomic E-state index is 5.70. The van der Waals surface area contributed by atoms with E-state index in [1.807, 2.05) is 13.0 Å². The summed E-state index contributed by atoms with van der Waals surface area (Å²) in [4.78, 5) is 2.40. The van der Waals surface area contributed by atoms with Crippen molar-refractivity contribution in [2.45, 2.75) is 26.3 Å². The minimum Gasteiger partial charge on any atom is -0.461 e. The van der Waals surface area contributed by atoms with Crippen LogP contribution in [0.5, 0.6) is 0 Å². The lowest BCUT2D eigenvalue weighted by molar-refractivity contribution is 0.247. The average Bonchev–Trinajstić information content (AvgIpc) is 2.80. The molecule has 0 aliphatic carbocycles. The summed E-state index contributed by atoms with van der Waals surface area (Å²) < 4.78 is 5.70. The molecule has 3 rings (SSSR count). The second-order valence-electron chi connectivity index (χ2n) is 5.23. The Morgan fingerprint density at radius 2 is 2.06 bits per heavy atom. The fourth-order valence-electron chi connectivity index (χ4n) is 2.70. The van der Waals surface area contributed by atoms with Gasteiger partial charge in [0.1, 0.15) is 11.5 Å². The van der Waals surface area contributed by atoms with E-state index in [0.29, 0.717) is 6.04 Å². The van der Waals surface area contributed by atoms with Crippen molar-refractivity contribution >= 4 is 0 Å². The first-order valence-electron chi connectivity index (χ1n) is 6.55. The maximum atomic E-state index is 5.70. The van der Waals surface area contributed by atoms with E-state index in [0.717, 1.165) is 24.5 Å². The molecular weight excluding hydrogens is 222 g/mol. The monoisotopic (exact) mass is 241 g/mol. The van der Waals surface area contributed by atoms with Gasteiger partial charge in [-0.25, -0.2) is 0 Å². The SMILES string of the molecule is Cc1ccc(-c2ccc3c(c2)CCN(C)C3C)o1. The molecule has 0 saturated carbocycles. The van der Waals surface area contributed by atoms with E-state index in [9.17, 15) is 0 Å². The Hall–Kier alpha value is -1.54. The van der Waals surface area contributed by atoms with Crippen molar-refractivity contribution in [2.75, 3.05) is 13.6 Å². The standard InChI is InChI=1S/C16H19NO/c1-11-4-7-16(18-11)14-5-6-15-12(2)17(3)9-8-13(15)10-14/h4-7,10,12H,8-9H2,1-3H3. The van der Waals surface area contributed by atoms with Gasteiger partial charge in [-0.05, 0) is 56.6 Å². The molecule has 1 aliphatic heterocycles. The first-order chi connectivity index (χ1) is 8.65.